The largest absolute Gasteiger partial charge is 0.381 e. The minimum absolute atomic E-state index is 0.232. The summed E-state index contributed by atoms with van der Waals surface area (Å²) in [4.78, 5) is 17.9. The van der Waals surface area contributed by atoms with E-state index in [-0.39, 0.29) is 5.91 Å². The molecule has 0 unspecified atom stereocenters. The fourth-order valence-electron chi connectivity index (χ4n) is 4.66. The Balaban J connectivity index is 1.28. The highest BCUT2D eigenvalue weighted by atomic mass is 16.5. The second-order valence-electron chi connectivity index (χ2n) is 8.18. The van der Waals surface area contributed by atoms with E-state index in [4.69, 9.17) is 4.74 Å². The Morgan fingerprint density at radius 2 is 1.45 bits per heavy atom. The number of anilines is 1. The Morgan fingerprint density at radius 1 is 0.806 bits per heavy atom. The minimum Gasteiger partial charge on any atom is -0.381 e. The van der Waals surface area contributed by atoms with E-state index in [2.05, 4.69) is 27.2 Å². The van der Waals surface area contributed by atoms with E-state index in [0.29, 0.717) is 26.3 Å². The highest BCUT2D eigenvalue weighted by molar-refractivity contribution is 5.88. The van der Waals surface area contributed by atoms with Crippen molar-refractivity contribution in [2.75, 3.05) is 44.3 Å². The predicted octanol–water partition coefficient (Wildman–Crippen LogP) is 2.66. The quantitative estimate of drug-likeness (QED) is 0.653. The average Bonchev–Trinajstić information content (AvgIpc) is 3.40. The van der Waals surface area contributed by atoms with E-state index >= 15 is 0 Å². The summed E-state index contributed by atoms with van der Waals surface area (Å²) >= 11 is 0. The molecule has 1 amide bonds. The van der Waals surface area contributed by atoms with Crippen LogP contribution in [0.2, 0.25) is 0 Å². The summed E-state index contributed by atoms with van der Waals surface area (Å²) < 4.78 is 7.53. The molecule has 0 N–H and O–H groups in total. The summed E-state index contributed by atoms with van der Waals surface area (Å²) in [5.41, 5.74) is 0.636. The lowest BCUT2D eigenvalue weighted by Crippen LogP contribution is -2.56. The first-order valence-corrected chi connectivity index (χ1v) is 10.9. The van der Waals surface area contributed by atoms with Crippen LogP contribution in [-0.2, 0) is 14.9 Å². The Morgan fingerprint density at radius 3 is 2.10 bits per heavy atom. The molecule has 0 saturated carbocycles. The molecule has 7 heteroatoms. The molecule has 160 valence electrons. The number of carbonyl (C=O) groups is 1. The molecule has 5 rings (SSSR count). The van der Waals surface area contributed by atoms with Crippen LogP contribution < -0.4 is 4.90 Å². The maximum atomic E-state index is 13.7. The van der Waals surface area contributed by atoms with Gasteiger partial charge in [-0.3, -0.25) is 4.79 Å². The summed E-state index contributed by atoms with van der Waals surface area (Å²) in [6.07, 6.45) is 5.38. The molecule has 2 aromatic heterocycles. The van der Waals surface area contributed by atoms with Gasteiger partial charge in [-0.15, -0.1) is 10.2 Å². The van der Waals surface area contributed by atoms with Crippen LogP contribution in [0, 0.1) is 0 Å². The van der Waals surface area contributed by atoms with Gasteiger partial charge in [0.15, 0.2) is 11.6 Å². The van der Waals surface area contributed by atoms with Crippen LogP contribution in [0.5, 0.6) is 0 Å². The van der Waals surface area contributed by atoms with Crippen molar-refractivity contribution in [3.8, 4) is 5.82 Å². The molecule has 0 bridgehead atoms. The first kappa shape index (κ1) is 19.8. The first-order chi connectivity index (χ1) is 15.3. The van der Waals surface area contributed by atoms with Crippen LogP contribution in [0.3, 0.4) is 0 Å². The summed E-state index contributed by atoms with van der Waals surface area (Å²) in [7, 11) is 0. The number of hydrogen-bond acceptors (Lipinski definition) is 5. The van der Waals surface area contributed by atoms with Crippen molar-refractivity contribution in [3.63, 3.8) is 0 Å². The fourth-order valence-corrected chi connectivity index (χ4v) is 4.66. The highest BCUT2D eigenvalue weighted by Gasteiger charge is 2.44. The Bertz CT molecular complexity index is 990. The third-order valence-corrected chi connectivity index (χ3v) is 6.48. The van der Waals surface area contributed by atoms with E-state index in [1.807, 2.05) is 64.3 Å². The van der Waals surface area contributed by atoms with Gasteiger partial charge in [0.2, 0.25) is 5.91 Å². The molecular weight excluding hydrogens is 390 g/mol. The third kappa shape index (κ3) is 3.81. The molecule has 4 heterocycles. The van der Waals surface area contributed by atoms with Crippen LogP contribution in [0.1, 0.15) is 18.4 Å². The van der Waals surface area contributed by atoms with Crippen molar-refractivity contribution in [1.82, 2.24) is 19.7 Å². The van der Waals surface area contributed by atoms with Crippen molar-refractivity contribution in [2.24, 2.45) is 0 Å². The number of hydrogen-bond donors (Lipinski definition) is 0. The van der Waals surface area contributed by atoms with Gasteiger partial charge in [-0.1, -0.05) is 30.3 Å². The molecule has 2 saturated heterocycles. The zero-order valence-corrected chi connectivity index (χ0v) is 17.6. The van der Waals surface area contributed by atoms with E-state index in [9.17, 15) is 4.79 Å². The summed E-state index contributed by atoms with van der Waals surface area (Å²) in [6, 6.07) is 18.1. The molecule has 0 spiro atoms. The first-order valence-electron chi connectivity index (χ1n) is 10.9. The molecule has 3 aromatic rings. The Kier molecular flexibility index (Phi) is 5.42. The Hall–Kier alpha value is -3.19. The average molecular weight is 418 g/mol. The number of aromatic nitrogens is 3. The van der Waals surface area contributed by atoms with Gasteiger partial charge in [0.25, 0.3) is 0 Å². The molecule has 0 radical (unpaired) electrons. The molecular formula is C24H27N5O2. The minimum atomic E-state index is -0.472. The van der Waals surface area contributed by atoms with Crippen LogP contribution in [0.4, 0.5) is 5.82 Å². The zero-order chi connectivity index (χ0) is 21.1. The van der Waals surface area contributed by atoms with Crippen molar-refractivity contribution in [3.05, 3.63) is 72.6 Å². The molecule has 2 aliphatic heterocycles. The van der Waals surface area contributed by atoms with Crippen molar-refractivity contribution in [2.45, 2.75) is 18.3 Å². The lowest BCUT2D eigenvalue weighted by molar-refractivity contribution is -0.141. The van der Waals surface area contributed by atoms with E-state index in [0.717, 1.165) is 43.1 Å². The van der Waals surface area contributed by atoms with E-state index in [1.54, 1.807) is 0 Å². The molecule has 0 atom stereocenters. The highest BCUT2D eigenvalue weighted by Crippen LogP contribution is 2.37. The molecule has 7 nitrogen and oxygen atoms in total. The number of piperazine rings is 1. The number of ether oxygens (including phenoxy) is 1. The SMILES string of the molecule is O=C(N1CCN(c2ccc(-n3cccc3)nn2)CC1)C1(c2ccccc2)CCOCC1. The number of carbonyl (C=O) groups excluding carboxylic acids is 1. The molecule has 31 heavy (non-hydrogen) atoms. The second-order valence-corrected chi connectivity index (χ2v) is 8.18. The topological polar surface area (TPSA) is 63.5 Å². The number of rotatable bonds is 4. The van der Waals surface area contributed by atoms with Crippen LogP contribution in [0.25, 0.3) is 5.82 Å². The van der Waals surface area contributed by atoms with Gasteiger partial charge in [0.1, 0.15) is 0 Å². The van der Waals surface area contributed by atoms with Gasteiger partial charge in [-0.2, -0.15) is 0 Å². The monoisotopic (exact) mass is 417 g/mol. The van der Waals surface area contributed by atoms with Gasteiger partial charge in [0.05, 0.1) is 5.41 Å². The number of nitrogens with zero attached hydrogens (tertiary/aromatic N) is 5. The smallest absolute Gasteiger partial charge is 0.233 e. The van der Waals surface area contributed by atoms with Gasteiger partial charge >= 0.3 is 0 Å². The maximum absolute atomic E-state index is 13.7. The lowest BCUT2D eigenvalue weighted by Gasteiger charge is -2.43. The van der Waals surface area contributed by atoms with Gasteiger partial charge < -0.3 is 19.1 Å². The second kappa shape index (κ2) is 8.51. The number of benzene rings is 1. The molecule has 1 aromatic carbocycles. The summed E-state index contributed by atoms with van der Waals surface area (Å²) in [6.45, 7) is 4.15. The van der Waals surface area contributed by atoms with Crippen LogP contribution in [-0.4, -0.2) is 65.0 Å². The van der Waals surface area contributed by atoms with Crippen LogP contribution >= 0.6 is 0 Å². The third-order valence-electron chi connectivity index (χ3n) is 6.48. The maximum Gasteiger partial charge on any atom is 0.233 e. The summed E-state index contributed by atoms with van der Waals surface area (Å²) in [5.74, 6) is 1.88. The molecule has 2 fully saturated rings. The zero-order valence-electron chi connectivity index (χ0n) is 17.6. The lowest BCUT2D eigenvalue weighted by atomic mass is 9.73. The molecule has 0 aliphatic carbocycles. The van der Waals surface area contributed by atoms with Gasteiger partial charge in [-0.25, -0.2) is 0 Å². The van der Waals surface area contributed by atoms with E-state index in [1.165, 1.54) is 0 Å². The summed E-state index contributed by atoms with van der Waals surface area (Å²) in [5, 5.41) is 8.77. The van der Waals surface area contributed by atoms with Crippen LogP contribution in [0.15, 0.2) is 67.0 Å². The normalized spacial score (nSPS) is 18.7. The van der Waals surface area contributed by atoms with Gasteiger partial charge in [0, 0.05) is 51.8 Å². The Labute approximate surface area is 182 Å². The standard InChI is InChI=1S/C24H27N5O2/c30-23(24(10-18-31-19-11-24)20-6-2-1-3-7-20)29-16-14-28(15-17-29)22-9-8-21(25-26-22)27-12-4-5-13-27/h1-9,12-13H,10-11,14-19H2. The molecule has 2 aliphatic rings. The number of amides is 1. The van der Waals surface area contributed by atoms with Crippen molar-refractivity contribution < 1.29 is 9.53 Å². The van der Waals surface area contributed by atoms with E-state index < -0.39 is 5.41 Å². The fraction of sp³-hybridized carbons (Fsp3) is 0.375. The van der Waals surface area contributed by atoms with Crippen molar-refractivity contribution in [1.29, 1.82) is 0 Å². The predicted molar refractivity (Wildman–Crippen MR) is 118 cm³/mol. The van der Waals surface area contributed by atoms with Crippen molar-refractivity contribution >= 4 is 11.7 Å². The van der Waals surface area contributed by atoms with Gasteiger partial charge in [-0.05, 0) is 42.7 Å².